The minimum atomic E-state index is -0.722. The zero-order valence-electron chi connectivity index (χ0n) is 18.7. The van der Waals surface area contributed by atoms with Crippen molar-refractivity contribution in [2.24, 2.45) is 0 Å². The fourth-order valence-corrected chi connectivity index (χ4v) is 9.29. The Bertz CT molecular complexity index is 1350. The maximum Gasteiger partial charge on any atom is 0.308 e. The lowest BCUT2D eigenvalue weighted by atomic mass is 10.2. The molecule has 4 N–H and O–H groups in total. The summed E-state index contributed by atoms with van der Waals surface area (Å²) in [5, 5.41) is 9.17. The number of benzene rings is 1. The van der Waals surface area contributed by atoms with Crippen molar-refractivity contribution in [3.63, 3.8) is 0 Å². The highest BCUT2D eigenvalue weighted by atomic mass is 32.2. The van der Waals surface area contributed by atoms with Crippen LogP contribution < -0.4 is 30.7 Å². The lowest BCUT2D eigenvalue weighted by molar-refractivity contribution is -0.133. The molecule has 1 aromatic rings. The summed E-state index contributed by atoms with van der Waals surface area (Å²) < 4.78 is 11.5. The van der Waals surface area contributed by atoms with Crippen LogP contribution in [-0.2, 0) is 28.8 Å². The smallest absolute Gasteiger partial charge is 0.308 e. The van der Waals surface area contributed by atoms with Crippen LogP contribution in [0.25, 0.3) is 0 Å². The monoisotopic (exact) mass is 626 g/mol. The van der Waals surface area contributed by atoms with Crippen LogP contribution in [0.15, 0.2) is 39.2 Å². The van der Waals surface area contributed by atoms with Crippen molar-refractivity contribution in [1.29, 1.82) is 0 Å². The lowest BCUT2D eigenvalue weighted by Gasteiger charge is -2.17. The van der Waals surface area contributed by atoms with Crippen molar-refractivity contribution in [3.05, 3.63) is 19.6 Å². The van der Waals surface area contributed by atoms with Gasteiger partial charge in [0.05, 0.1) is 28.1 Å². The second-order valence-corrected chi connectivity index (χ2v) is 12.8. The normalized spacial score (nSPS) is 18.5. The van der Waals surface area contributed by atoms with E-state index >= 15 is 0 Å². The molecule has 1 aromatic carbocycles. The summed E-state index contributed by atoms with van der Waals surface area (Å²) in [5.74, 6) is -4.13. The molecule has 0 radical (unpaired) electrons. The van der Waals surface area contributed by atoms with Gasteiger partial charge < -0.3 is 9.47 Å². The van der Waals surface area contributed by atoms with Gasteiger partial charge in [-0.25, -0.2) is 0 Å². The molecule has 0 unspecified atom stereocenters. The van der Waals surface area contributed by atoms with E-state index in [1.165, 1.54) is 13.8 Å². The summed E-state index contributed by atoms with van der Waals surface area (Å²) in [6, 6.07) is 0. The number of ether oxygens (including phenoxy) is 2. The Balaban J connectivity index is 1.69. The number of carbonyl (C=O) groups is 6. The number of hydrogen-bond acceptors (Lipinski definition) is 14. The molecule has 18 heteroatoms. The van der Waals surface area contributed by atoms with Crippen LogP contribution in [0.2, 0.25) is 0 Å². The van der Waals surface area contributed by atoms with Gasteiger partial charge in [0.1, 0.15) is 11.1 Å². The molecule has 0 atom stereocenters. The molecular formula is C20H10N4O8S6. The van der Waals surface area contributed by atoms with Gasteiger partial charge in [-0.05, 0) is 24.4 Å². The summed E-state index contributed by atoms with van der Waals surface area (Å²) in [5.41, 5.74) is -0.440. The Morgan fingerprint density at radius 3 is 1.08 bits per heavy atom. The maximum atomic E-state index is 12.6. The molecule has 5 rings (SSSR count). The zero-order chi connectivity index (χ0) is 27.5. The second-order valence-electron chi connectivity index (χ2n) is 7.37. The van der Waals surface area contributed by atoms with E-state index in [9.17, 15) is 28.8 Å². The van der Waals surface area contributed by atoms with Crippen molar-refractivity contribution in [1.82, 2.24) is 21.3 Å². The fraction of sp³-hybridized carbons (Fsp3) is 0.100. The van der Waals surface area contributed by atoms with Gasteiger partial charge in [-0.1, -0.05) is 47.0 Å². The van der Waals surface area contributed by atoms with Gasteiger partial charge in [0.15, 0.2) is 21.7 Å². The molecule has 0 saturated carbocycles. The number of nitrogens with one attached hydrogen (secondary N) is 4. The van der Waals surface area contributed by atoms with Crippen molar-refractivity contribution >= 4 is 117 Å². The largest absolute Gasteiger partial charge is 0.424 e. The highest BCUT2D eigenvalue weighted by Gasteiger charge is 2.43. The van der Waals surface area contributed by atoms with Crippen LogP contribution in [0.4, 0.5) is 0 Å². The van der Waals surface area contributed by atoms with E-state index in [1.54, 1.807) is 0 Å². The topological polar surface area (TPSA) is 169 Å². The Morgan fingerprint density at radius 2 is 0.842 bits per heavy atom. The quantitative estimate of drug-likeness (QED) is 0.122. The Hall–Kier alpha value is -2.90. The minimum Gasteiger partial charge on any atom is -0.424 e. The minimum absolute atomic E-state index is 0.0545. The van der Waals surface area contributed by atoms with Crippen molar-refractivity contribution < 1.29 is 38.2 Å². The van der Waals surface area contributed by atoms with Gasteiger partial charge in [0, 0.05) is 13.8 Å². The molecule has 0 spiro atoms. The first-order valence-electron chi connectivity index (χ1n) is 10.1. The van der Waals surface area contributed by atoms with Gasteiger partial charge in [-0.15, -0.1) is 0 Å². The average molecular weight is 627 g/mol. The number of thiocarbonyl (C=S) groups is 2. The molecule has 0 bridgehead atoms. The van der Waals surface area contributed by atoms with Gasteiger partial charge in [0.2, 0.25) is 0 Å². The standard InChI is InChI=1S/C20H10N4O8S6/c1-3(25)31-7-9-11(37-17(35-9)5-13(27)21-19(33)22-14(5)28)8(32-4(2)26)12-10(7)36-18(38-12)6-15(29)23-20(34)24-16(6)30/h1-2H3,(H2,21,22,27,28,33)(H2,23,24,29,30,34). The predicted molar refractivity (Wildman–Crippen MR) is 144 cm³/mol. The molecule has 12 nitrogen and oxygen atoms in total. The first kappa shape index (κ1) is 26.7. The predicted octanol–water partition coefficient (Wildman–Crippen LogP) is 1.42. The van der Waals surface area contributed by atoms with Crippen LogP contribution in [0, 0.1) is 0 Å². The number of carbonyl (C=O) groups excluding carboxylic acids is 6. The zero-order valence-corrected chi connectivity index (χ0v) is 23.6. The fourth-order valence-electron chi connectivity index (χ4n) is 3.38. The Labute approximate surface area is 240 Å². The van der Waals surface area contributed by atoms with Crippen molar-refractivity contribution in [3.8, 4) is 11.5 Å². The highest BCUT2D eigenvalue weighted by Crippen LogP contribution is 2.68. The number of rotatable bonds is 2. The number of amides is 4. The summed E-state index contributed by atoms with van der Waals surface area (Å²) >= 11 is 13.5. The molecule has 4 aliphatic heterocycles. The molecule has 2 saturated heterocycles. The molecule has 0 aliphatic carbocycles. The van der Waals surface area contributed by atoms with E-state index in [0.717, 1.165) is 47.0 Å². The summed E-state index contributed by atoms with van der Waals surface area (Å²) in [7, 11) is 0. The van der Waals surface area contributed by atoms with Crippen LogP contribution in [0.3, 0.4) is 0 Å². The molecule has 4 amide bonds. The van der Waals surface area contributed by atoms with Gasteiger partial charge in [-0.2, -0.15) is 0 Å². The summed E-state index contributed by atoms with van der Waals surface area (Å²) in [6.45, 7) is 2.37. The van der Waals surface area contributed by atoms with E-state index in [2.05, 4.69) is 21.3 Å². The molecule has 2 fully saturated rings. The lowest BCUT2D eigenvalue weighted by Crippen LogP contribution is -2.51. The van der Waals surface area contributed by atoms with E-state index in [0.29, 0.717) is 19.6 Å². The first-order chi connectivity index (χ1) is 17.9. The third-order valence-corrected chi connectivity index (χ3v) is 10.3. The summed E-state index contributed by atoms with van der Waals surface area (Å²) in [4.78, 5) is 75.6. The van der Waals surface area contributed by atoms with Crippen LogP contribution in [0.5, 0.6) is 11.5 Å². The first-order valence-corrected chi connectivity index (χ1v) is 14.2. The van der Waals surface area contributed by atoms with Crippen molar-refractivity contribution in [2.45, 2.75) is 33.4 Å². The molecule has 4 aliphatic rings. The van der Waals surface area contributed by atoms with Crippen molar-refractivity contribution in [2.75, 3.05) is 0 Å². The second kappa shape index (κ2) is 10.0. The molecule has 0 aromatic heterocycles. The number of esters is 2. The average Bonchev–Trinajstić information content (AvgIpc) is 3.39. The summed E-state index contributed by atoms with van der Waals surface area (Å²) in [6.07, 6.45) is 0. The molecule has 194 valence electrons. The number of fused-ring (bicyclic) bond motifs is 2. The van der Waals surface area contributed by atoms with Crippen LogP contribution in [0.1, 0.15) is 13.8 Å². The van der Waals surface area contributed by atoms with Gasteiger partial charge >= 0.3 is 11.9 Å². The van der Waals surface area contributed by atoms with E-state index in [-0.39, 0.29) is 41.3 Å². The maximum absolute atomic E-state index is 12.6. The molecular weight excluding hydrogens is 617 g/mol. The Kier molecular flexibility index (Phi) is 7.03. The van der Waals surface area contributed by atoms with E-state index in [1.807, 2.05) is 0 Å². The van der Waals surface area contributed by atoms with Gasteiger partial charge in [-0.3, -0.25) is 50.0 Å². The Morgan fingerprint density at radius 1 is 0.579 bits per heavy atom. The van der Waals surface area contributed by atoms with Crippen LogP contribution >= 0.6 is 71.5 Å². The number of hydrogen-bond donors (Lipinski definition) is 4. The molecule has 38 heavy (non-hydrogen) atoms. The third kappa shape index (κ3) is 4.71. The van der Waals surface area contributed by atoms with E-state index in [4.69, 9.17) is 33.9 Å². The molecule has 4 heterocycles. The number of thioether (sulfide) groups is 4. The highest BCUT2D eigenvalue weighted by molar-refractivity contribution is 8.26. The third-order valence-electron chi connectivity index (χ3n) is 4.73. The van der Waals surface area contributed by atoms with Crippen LogP contribution in [-0.4, -0.2) is 45.8 Å². The van der Waals surface area contributed by atoms with Gasteiger partial charge in [0.25, 0.3) is 23.6 Å². The van der Waals surface area contributed by atoms with E-state index < -0.39 is 35.6 Å². The SMILES string of the molecule is CC(=O)Oc1c2c(c(OC(C)=O)c3c1SC(=C1C(=O)NC(=S)NC1=O)S3)SC(=C1C(=O)NC(=S)NC1=O)S2.